The van der Waals surface area contributed by atoms with Crippen molar-refractivity contribution in [3.63, 3.8) is 0 Å². The van der Waals surface area contributed by atoms with E-state index in [2.05, 4.69) is 13.8 Å². The van der Waals surface area contributed by atoms with Gasteiger partial charge in [0.05, 0.1) is 19.6 Å². The van der Waals surface area contributed by atoms with Crippen LogP contribution in [-0.4, -0.2) is 39.0 Å². The Morgan fingerprint density at radius 3 is 2.00 bits per heavy atom. The summed E-state index contributed by atoms with van der Waals surface area (Å²) in [6, 6.07) is 0. The Morgan fingerprint density at radius 1 is 1.00 bits per heavy atom. The highest BCUT2D eigenvalue weighted by atomic mass is 31.2. The van der Waals surface area contributed by atoms with E-state index in [4.69, 9.17) is 9.47 Å². The van der Waals surface area contributed by atoms with E-state index >= 15 is 0 Å². The molecule has 3 nitrogen and oxygen atoms in total. The maximum atomic E-state index is 12.5. The molecule has 0 fully saturated rings. The molecule has 0 aromatic heterocycles. The predicted molar refractivity (Wildman–Crippen MR) is 69.9 cm³/mol. The molecule has 0 N–H and O–H groups in total. The quantitative estimate of drug-likeness (QED) is 0.415. The average molecular weight is 250 g/mol. The number of ether oxygens (including phenoxy) is 2. The van der Waals surface area contributed by atoms with Gasteiger partial charge in [0, 0.05) is 19.4 Å². The highest BCUT2D eigenvalue weighted by Gasteiger charge is 2.20. The van der Waals surface area contributed by atoms with Crippen molar-refractivity contribution >= 4 is 7.14 Å². The zero-order valence-corrected chi connectivity index (χ0v) is 11.9. The van der Waals surface area contributed by atoms with Gasteiger partial charge in [0.2, 0.25) is 0 Å². The topological polar surface area (TPSA) is 35.5 Å². The van der Waals surface area contributed by atoms with E-state index in [1.165, 1.54) is 0 Å². The number of methoxy groups -OCH3 is 1. The minimum absolute atomic E-state index is 0.441. The van der Waals surface area contributed by atoms with Gasteiger partial charge in [0.25, 0.3) is 0 Å². The maximum absolute atomic E-state index is 12.5. The summed E-state index contributed by atoms with van der Waals surface area (Å²) in [4.78, 5) is 0. The summed E-state index contributed by atoms with van der Waals surface area (Å²) < 4.78 is 22.9. The lowest BCUT2D eigenvalue weighted by molar-refractivity contribution is 0.0922. The van der Waals surface area contributed by atoms with Crippen LogP contribution in [0, 0.1) is 0 Å². The molecule has 0 aliphatic heterocycles. The second-order valence-corrected chi connectivity index (χ2v) is 7.51. The Labute approximate surface area is 100 Å². The van der Waals surface area contributed by atoms with E-state index in [9.17, 15) is 4.57 Å². The molecule has 0 aromatic carbocycles. The van der Waals surface area contributed by atoms with Crippen molar-refractivity contribution in [2.45, 2.75) is 39.5 Å². The molecule has 0 heterocycles. The number of rotatable bonds is 11. The van der Waals surface area contributed by atoms with Crippen molar-refractivity contribution < 1.29 is 14.0 Å². The lowest BCUT2D eigenvalue weighted by atomic mass is 10.4. The third-order valence-electron chi connectivity index (χ3n) is 2.60. The summed E-state index contributed by atoms with van der Waals surface area (Å²) in [5.41, 5.74) is 0. The van der Waals surface area contributed by atoms with Crippen molar-refractivity contribution in [3.05, 3.63) is 0 Å². The second-order valence-electron chi connectivity index (χ2n) is 4.24. The fraction of sp³-hybridized carbons (Fsp3) is 1.00. The van der Waals surface area contributed by atoms with Crippen LogP contribution in [0.25, 0.3) is 0 Å². The van der Waals surface area contributed by atoms with Crippen molar-refractivity contribution in [1.29, 1.82) is 0 Å². The van der Waals surface area contributed by atoms with Crippen molar-refractivity contribution in [3.8, 4) is 0 Å². The van der Waals surface area contributed by atoms with Crippen LogP contribution in [0.3, 0.4) is 0 Å². The van der Waals surface area contributed by atoms with Gasteiger partial charge in [-0.2, -0.15) is 0 Å². The van der Waals surface area contributed by atoms with Gasteiger partial charge < -0.3 is 14.0 Å². The first-order valence-corrected chi connectivity index (χ1v) is 8.58. The third-order valence-corrected chi connectivity index (χ3v) is 5.51. The molecule has 0 radical (unpaired) electrons. The lowest BCUT2D eigenvalue weighted by Crippen LogP contribution is -2.07. The van der Waals surface area contributed by atoms with E-state index in [0.717, 1.165) is 38.0 Å². The fourth-order valence-corrected chi connectivity index (χ4v) is 4.24. The smallest absolute Gasteiger partial charge is 0.112 e. The summed E-state index contributed by atoms with van der Waals surface area (Å²) in [5.74, 6) is 0. The summed E-state index contributed by atoms with van der Waals surface area (Å²) in [7, 11) is -0.420. The maximum Gasteiger partial charge on any atom is 0.112 e. The first-order valence-electron chi connectivity index (χ1n) is 6.32. The van der Waals surface area contributed by atoms with E-state index in [1.807, 2.05) is 0 Å². The lowest BCUT2D eigenvalue weighted by Gasteiger charge is -2.17. The first-order chi connectivity index (χ1) is 7.68. The zero-order chi connectivity index (χ0) is 12.3. The summed E-state index contributed by atoms with van der Waals surface area (Å²) in [6.07, 6.45) is 6.44. The van der Waals surface area contributed by atoms with Crippen LogP contribution in [0.5, 0.6) is 0 Å². The van der Waals surface area contributed by atoms with Crippen LogP contribution >= 0.6 is 7.14 Å². The summed E-state index contributed by atoms with van der Waals surface area (Å²) in [6.45, 7) is 5.41. The Kier molecular flexibility index (Phi) is 10.4. The van der Waals surface area contributed by atoms with Gasteiger partial charge in [0.15, 0.2) is 0 Å². The van der Waals surface area contributed by atoms with E-state index in [1.54, 1.807) is 7.11 Å². The van der Waals surface area contributed by atoms with Crippen LogP contribution in [0.1, 0.15) is 39.5 Å². The predicted octanol–water partition coefficient (Wildman–Crippen LogP) is 3.57. The molecule has 0 spiro atoms. The molecular weight excluding hydrogens is 223 g/mol. The number of unbranched alkanes of at least 4 members (excludes halogenated alkanes) is 2. The molecule has 0 aromatic rings. The van der Waals surface area contributed by atoms with Crippen LogP contribution in [0.15, 0.2) is 0 Å². The SMILES string of the molecule is CCCCP(=O)(CCCC)COCCOC. The molecule has 0 aliphatic rings. The molecule has 16 heavy (non-hydrogen) atoms. The zero-order valence-electron chi connectivity index (χ0n) is 11.0. The van der Waals surface area contributed by atoms with Gasteiger partial charge in [0.1, 0.15) is 7.14 Å². The largest absolute Gasteiger partial charge is 0.382 e. The van der Waals surface area contributed by atoms with Crippen LogP contribution in [0.2, 0.25) is 0 Å². The van der Waals surface area contributed by atoms with E-state index in [-0.39, 0.29) is 0 Å². The van der Waals surface area contributed by atoms with Crippen molar-refractivity contribution in [2.24, 2.45) is 0 Å². The Hall–Kier alpha value is 0.150. The Bertz CT molecular complexity index is 183. The standard InChI is InChI=1S/C12H27O3P/c1-4-6-10-16(13,11-7-5-2)12-15-9-8-14-3/h4-12H2,1-3H3. The van der Waals surface area contributed by atoms with Crippen molar-refractivity contribution in [2.75, 3.05) is 39.0 Å². The van der Waals surface area contributed by atoms with E-state index in [0.29, 0.717) is 19.6 Å². The molecule has 98 valence electrons. The van der Waals surface area contributed by atoms with Gasteiger partial charge in [-0.15, -0.1) is 0 Å². The highest BCUT2D eigenvalue weighted by Crippen LogP contribution is 2.47. The summed E-state index contributed by atoms with van der Waals surface area (Å²) >= 11 is 0. The Balaban J connectivity index is 3.92. The molecule has 0 aliphatic carbocycles. The van der Waals surface area contributed by atoms with Gasteiger partial charge in [-0.25, -0.2) is 0 Å². The average Bonchev–Trinajstić information content (AvgIpc) is 2.30. The Morgan fingerprint density at radius 2 is 1.56 bits per heavy atom. The molecule has 0 saturated carbocycles. The monoisotopic (exact) mass is 250 g/mol. The van der Waals surface area contributed by atoms with Crippen LogP contribution < -0.4 is 0 Å². The van der Waals surface area contributed by atoms with Gasteiger partial charge in [-0.1, -0.05) is 26.7 Å². The molecule has 0 amide bonds. The molecule has 0 bridgehead atoms. The molecule has 0 saturated heterocycles. The van der Waals surface area contributed by atoms with E-state index < -0.39 is 7.14 Å². The normalized spacial score (nSPS) is 11.9. The third kappa shape index (κ3) is 8.32. The minimum atomic E-state index is -2.07. The molecular formula is C12H27O3P. The van der Waals surface area contributed by atoms with Gasteiger partial charge in [-0.3, -0.25) is 0 Å². The first kappa shape index (κ1) is 16.1. The van der Waals surface area contributed by atoms with Gasteiger partial charge in [-0.05, 0) is 12.8 Å². The van der Waals surface area contributed by atoms with Crippen LogP contribution in [0.4, 0.5) is 0 Å². The van der Waals surface area contributed by atoms with Gasteiger partial charge >= 0.3 is 0 Å². The summed E-state index contributed by atoms with van der Waals surface area (Å²) in [5, 5.41) is 0. The fourth-order valence-electron chi connectivity index (χ4n) is 1.51. The minimum Gasteiger partial charge on any atom is -0.382 e. The molecule has 4 heteroatoms. The number of hydrogen-bond acceptors (Lipinski definition) is 3. The molecule has 0 rings (SSSR count). The highest BCUT2D eigenvalue weighted by molar-refractivity contribution is 7.63. The number of hydrogen-bond donors (Lipinski definition) is 0. The van der Waals surface area contributed by atoms with Crippen LogP contribution in [-0.2, 0) is 14.0 Å². The second kappa shape index (κ2) is 10.3. The van der Waals surface area contributed by atoms with Crippen molar-refractivity contribution in [1.82, 2.24) is 0 Å². The molecule has 0 atom stereocenters. The molecule has 0 unspecified atom stereocenters.